The molecule has 0 saturated carbocycles. The third-order valence-electron chi connectivity index (χ3n) is 2.68. The smallest absolute Gasteiger partial charge is 0.124 e. The Balaban J connectivity index is 2.38. The Morgan fingerprint density at radius 1 is 1.11 bits per heavy atom. The van der Waals surface area contributed by atoms with Gasteiger partial charge in [0.05, 0.1) is 5.69 Å². The van der Waals surface area contributed by atoms with E-state index >= 15 is 0 Å². The number of rotatable bonds is 2. The van der Waals surface area contributed by atoms with Gasteiger partial charge in [-0.05, 0) is 44.2 Å². The fraction of sp³-hybridized carbons (Fsp3) is 0.133. The molecule has 2 rings (SSSR count). The number of aryl methyl sites for hydroxylation is 1. The van der Waals surface area contributed by atoms with E-state index in [9.17, 15) is 5.11 Å². The average molecular weight is 304 g/mol. The van der Waals surface area contributed by atoms with Gasteiger partial charge in [-0.1, -0.05) is 33.6 Å². The van der Waals surface area contributed by atoms with Gasteiger partial charge in [0, 0.05) is 15.7 Å². The lowest BCUT2D eigenvalue weighted by Crippen LogP contribution is -1.94. The van der Waals surface area contributed by atoms with Gasteiger partial charge in [-0.25, -0.2) is 0 Å². The SMILES string of the molecule is C/C(=N\c1ccc(C)cc1)c1cc(Br)ccc1O. The van der Waals surface area contributed by atoms with E-state index in [0.717, 1.165) is 21.4 Å². The number of phenols is 1. The second kappa shape index (κ2) is 5.36. The fourth-order valence-corrected chi connectivity index (χ4v) is 2.03. The van der Waals surface area contributed by atoms with Crippen LogP contribution in [-0.2, 0) is 0 Å². The monoisotopic (exact) mass is 303 g/mol. The first-order valence-corrected chi connectivity index (χ1v) is 6.46. The first-order valence-electron chi connectivity index (χ1n) is 5.67. The van der Waals surface area contributed by atoms with E-state index in [1.807, 2.05) is 44.2 Å². The number of nitrogens with zero attached hydrogens (tertiary/aromatic N) is 1. The molecular formula is C15H14BrNO. The number of aliphatic imine (C=N–C) groups is 1. The predicted octanol–water partition coefficient (Wildman–Crippen LogP) is 4.60. The zero-order valence-electron chi connectivity index (χ0n) is 10.3. The molecular weight excluding hydrogens is 290 g/mol. The van der Waals surface area contributed by atoms with Gasteiger partial charge in [0.1, 0.15) is 5.75 Å². The second-order valence-corrected chi connectivity index (χ2v) is 5.11. The quantitative estimate of drug-likeness (QED) is 0.808. The first-order chi connectivity index (χ1) is 8.56. The highest BCUT2D eigenvalue weighted by molar-refractivity contribution is 9.10. The van der Waals surface area contributed by atoms with Crippen molar-refractivity contribution in [2.45, 2.75) is 13.8 Å². The number of aromatic hydroxyl groups is 1. The van der Waals surface area contributed by atoms with E-state index in [2.05, 4.69) is 20.9 Å². The van der Waals surface area contributed by atoms with Crippen LogP contribution in [-0.4, -0.2) is 10.8 Å². The van der Waals surface area contributed by atoms with Gasteiger partial charge in [-0.15, -0.1) is 0 Å². The van der Waals surface area contributed by atoms with Crippen molar-refractivity contribution in [1.29, 1.82) is 0 Å². The molecule has 0 atom stereocenters. The second-order valence-electron chi connectivity index (χ2n) is 4.19. The summed E-state index contributed by atoms with van der Waals surface area (Å²) in [6, 6.07) is 13.3. The van der Waals surface area contributed by atoms with Crippen LogP contribution in [0.4, 0.5) is 5.69 Å². The molecule has 0 amide bonds. The predicted molar refractivity (Wildman–Crippen MR) is 78.9 cm³/mol. The maximum absolute atomic E-state index is 9.83. The molecule has 0 aliphatic rings. The summed E-state index contributed by atoms with van der Waals surface area (Å²) in [6.45, 7) is 3.93. The Labute approximate surface area is 115 Å². The molecule has 0 saturated heterocycles. The molecule has 92 valence electrons. The molecule has 0 fully saturated rings. The molecule has 18 heavy (non-hydrogen) atoms. The largest absolute Gasteiger partial charge is 0.507 e. The van der Waals surface area contributed by atoms with Gasteiger partial charge < -0.3 is 5.11 Å². The Morgan fingerprint density at radius 3 is 2.44 bits per heavy atom. The lowest BCUT2D eigenvalue weighted by atomic mass is 10.1. The molecule has 2 aromatic rings. The van der Waals surface area contributed by atoms with Crippen LogP contribution >= 0.6 is 15.9 Å². The van der Waals surface area contributed by atoms with Crippen molar-refractivity contribution in [3.8, 4) is 5.75 Å². The van der Waals surface area contributed by atoms with Gasteiger partial charge in [0.25, 0.3) is 0 Å². The highest BCUT2D eigenvalue weighted by Crippen LogP contribution is 2.24. The van der Waals surface area contributed by atoms with Crippen molar-refractivity contribution in [2.24, 2.45) is 4.99 Å². The standard InChI is InChI=1S/C15H14BrNO/c1-10-3-6-13(7-4-10)17-11(2)14-9-12(16)5-8-15(14)18/h3-9,18H,1-2H3/b17-11+. The van der Waals surface area contributed by atoms with E-state index in [1.165, 1.54) is 5.56 Å². The van der Waals surface area contributed by atoms with Crippen molar-refractivity contribution in [3.63, 3.8) is 0 Å². The molecule has 0 unspecified atom stereocenters. The van der Waals surface area contributed by atoms with Gasteiger partial charge in [0.15, 0.2) is 0 Å². The molecule has 0 aliphatic heterocycles. The number of hydrogen-bond acceptors (Lipinski definition) is 2. The number of halogens is 1. The van der Waals surface area contributed by atoms with Crippen molar-refractivity contribution >= 4 is 27.3 Å². The van der Waals surface area contributed by atoms with Gasteiger partial charge in [0.2, 0.25) is 0 Å². The third-order valence-corrected chi connectivity index (χ3v) is 3.17. The maximum atomic E-state index is 9.83. The van der Waals surface area contributed by atoms with E-state index < -0.39 is 0 Å². The van der Waals surface area contributed by atoms with Crippen LogP contribution in [0.2, 0.25) is 0 Å². The Kier molecular flexibility index (Phi) is 3.82. The third kappa shape index (κ3) is 2.99. The highest BCUT2D eigenvalue weighted by Gasteiger charge is 2.05. The van der Waals surface area contributed by atoms with Crippen LogP contribution < -0.4 is 0 Å². The Hall–Kier alpha value is -1.61. The van der Waals surface area contributed by atoms with Gasteiger partial charge in [-0.3, -0.25) is 4.99 Å². The van der Waals surface area contributed by atoms with E-state index in [0.29, 0.717) is 0 Å². The Morgan fingerprint density at radius 2 is 1.78 bits per heavy atom. The van der Waals surface area contributed by atoms with Crippen LogP contribution in [0.25, 0.3) is 0 Å². The molecule has 0 bridgehead atoms. The summed E-state index contributed by atoms with van der Waals surface area (Å²) < 4.78 is 0.925. The summed E-state index contributed by atoms with van der Waals surface area (Å²) in [7, 11) is 0. The minimum atomic E-state index is 0.242. The van der Waals surface area contributed by atoms with Crippen LogP contribution in [0, 0.1) is 6.92 Å². The van der Waals surface area contributed by atoms with E-state index in [4.69, 9.17) is 0 Å². The van der Waals surface area contributed by atoms with E-state index in [-0.39, 0.29) is 5.75 Å². The summed E-state index contributed by atoms with van der Waals surface area (Å²) in [5, 5.41) is 9.83. The topological polar surface area (TPSA) is 32.6 Å². The molecule has 2 aromatic carbocycles. The summed E-state index contributed by atoms with van der Waals surface area (Å²) in [5.74, 6) is 0.242. The molecule has 3 heteroatoms. The number of phenolic OH excluding ortho intramolecular Hbond substituents is 1. The van der Waals surface area contributed by atoms with Gasteiger partial charge in [-0.2, -0.15) is 0 Å². The zero-order valence-corrected chi connectivity index (χ0v) is 11.9. The first kappa shape index (κ1) is 12.8. The van der Waals surface area contributed by atoms with Crippen LogP contribution in [0.3, 0.4) is 0 Å². The number of hydrogen-bond donors (Lipinski definition) is 1. The lowest BCUT2D eigenvalue weighted by Gasteiger charge is -2.05. The van der Waals surface area contributed by atoms with E-state index in [1.54, 1.807) is 12.1 Å². The molecule has 1 N–H and O–H groups in total. The highest BCUT2D eigenvalue weighted by atomic mass is 79.9. The van der Waals surface area contributed by atoms with Crippen molar-refractivity contribution in [1.82, 2.24) is 0 Å². The Bertz CT molecular complexity index is 588. The van der Waals surface area contributed by atoms with Crippen LogP contribution in [0.5, 0.6) is 5.75 Å². The summed E-state index contributed by atoms with van der Waals surface area (Å²) in [5.41, 5.74) is 3.62. The number of benzene rings is 2. The minimum Gasteiger partial charge on any atom is -0.507 e. The average Bonchev–Trinajstić information content (AvgIpc) is 2.35. The molecule has 0 aliphatic carbocycles. The lowest BCUT2D eigenvalue weighted by molar-refractivity contribution is 0.474. The molecule has 0 spiro atoms. The molecule has 2 nitrogen and oxygen atoms in total. The summed E-state index contributed by atoms with van der Waals surface area (Å²) in [6.07, 6.45) is 0. The zero-order chi connectivity index (χ0) is 13.1. The summed E-state index contributed by atoms with van der Waals surface area (Å²) in [4.78, 5) is 4.51. The van der Waals surface area contributed by atoms with Crippen LogP contribution in [0.15, 0.2) is 51.9 Å². The minimum absolute atomic E-state index is 0.242. The van der Waals surface area contributed by atoms with Gasteiger partial charge >= 0.3 is 0 Å². The molecule has 0 aromatic heterocycles. The van der Waals surface area contributed by atoms with Crippen molar-refractivity contribution in [3.05, 3.63) is 58.1 Å². The van der Waals surface area contributed by atoms with Crippen molar-refractivity contribution in [2.75, 3.05) is 0 Å². The summed E-state index contributed by atoms with van der Waals surface area (Å²) >= 11 is 3.39. The fourth-order valence-electron chi connectivity index (χ4n) is 1.67. The maximum Gasteiger partial charge on any atom is 0.124 e. The van der Waals surface area contributed by atoms with Crippen LogP contribution in [0.1, 0.15) is 18.1 Å². The van der Waals surface area contributed by atoms with Crippen molar-refractivity contribution < 1.29 is 5.11 Å². The molecule has 0 heterocycles. The normalized spacial score (nSPS) is 11.6. The molecule has 0 radical (unpaired) electrons.